The predicted octanol–water partition coefficient (Wildman–Crippen LogP) is 5.72. The SMILES string of the molecule is CC(=O)CCC(=O)N1Cc2ccccc2-c2nnn(CCOCCOCCOCCNC(=O)COc3cccc4c3C(=O)N(C3CCC(=O)NC3=O)C4=O)c2-c2ccccc21.CC(=O)CCC(=O)N1Cc2ccccc2C#Cc2ccccc21.[N-]=[N+]=NCCOCCOCCOCCNC(=O)COc1cccc2c1C(=O)N(C1CCC(=O)NC1=O)C2=O. The molecule has 7 aromatic rings. The molecule has 0 bridgehead atoms. The lowest BCUT2D eigenvalue weighted by Crippen LogP contribution is -2.54. The third-order valence-electron chi connectivity index (χ3n) is 19.7. The lowest BCUT2D eigenvalue weighted by Gasteiger charge is -2.28. The molecule has 1 aromatic heterocycles. The summed E-state index contributed by atoms with van der Waals surface area (Å²) in [5, 5.41) is 22.0. The van der Waals surface area contributed by atoms with E-state index >= 15 is 0 Å². The van der Waals surface area contributed by atoms with Gasteiger partial charge in [-0.3, -0.25) is 78.0 Å². The molecule has 6 aliphatic rings. The molecule has 2 atom stereocenters. The first-order valence-corrected chi connectivity index (χ1v) is 39.6. The Bertz CT molecular complexity index is 5220. The van der Waals surface area contributed by atoms with Crippen LogP contribution in [-0.2, 0) is 96.0 Å². The first kappa shape index (κ1) is 89.3. The number of Topliss-reactive ketones (excluding diaryl/α,β-unsaturated/α-hetero) is 2. The van der Waals surface area contributed by atoms with Gasteiger partial charge in [0.15, 0.2) is 13.2 Å². The molecule has 0 radical (unpaired) electrons. The van der Waals surface area contributed by atoms with Gasteiger partial charge in [-0.05, 0) is 91.9 Å². The van der Waals surface area contributed by atoms with Crippen molar-refractivity contribution in [2.24, 2.45) is 5.11 Å². The van der Waals surface area contributed by atoms with Gasteiger partial charge in [-0.1, -0.05) is 107 Å². The molecule has 36 nitrogen and oxygen atoms in total. The van der Waals surface area contributed by atoms with E-state index in [0.717, 1.165) is 60.2 Å². The highest BCUT2D eigenvalue weighted by Gasteiger charge is 2.48. The zero-order valence-corrected chi connectivity index (χ0v) is 67.1. The van der Waals surface area contributed by atoms with Crippen molar-refractivity contribution in [3.63, 3.8) is 0 Å². The molecule has 7 heterocycles. The zero-order chi connectivity index (χ0) is 86.4. The van der Waals surface area contributed by atoms with Gasteiger partial charge in [0.2, 0.25) is 35.4 Å². The molecular weight excluding hydrogens is 1580 g/mol. The number of fused-ring (bicyclic) bond motifs is 9. The van der Waals surface area contributed by atoms with Gasteiger partial charge in [-0.2, -0.15) is 0 Å². The molecule has 36 heteroatoms. The van der Waals surface area contributed by atoms with Crippen molar-refractivity contribution < 1.29 is 105 Å². The Hall–Kier alpha value is -13.5. The lowest BCUT2D eigenvalue weighted by atomic mass is 9.95. The number of carbonyl (C=O) groups is 14. The molecule has 2 saturated heterocycles. The van der Waals surface area contributed by atoms with E-state index < -0.39 is 84.4 Å². The average molecular weight is 1670 g/mol. The van der Waals surface area contributed by atoms with Crippen LogP contribution < -0.4 is 40.5 Å². The molecule has 4 N–H and O–H groups in total. The summed E-state index contributed by atoms with van der Waals surface area (Å²) in [6.45, 7) is 7.78. The van der Waals surface area contributed by atoms with E-state index in [1.165, 1.54) is 50.2 Å². The highest BCUT2D eigenvalue weighted by atomic mass is 16.6. The first-order valence-electron chi connectivity index (χ1n) is 39.6. The minimum absolute atomic E-state index is 0.000554. The average Bonchev–Trinajstić information content (AvgIpc) is 1.59. The molecule has 0 aliphatic carbocycles. The number of azide groups is 1. The van der Waals surface area contributed by atoms with E-state index in [1.54, 1.807) is 14.5 Å². The summed E-state index contributed by atoms with van der Waals surface area (Å²) in [6, 6.07) is 37.5. The van der Waals surface area contributed by atoms with Crippen LogP contribution in [0.3, 0.4) is 0 Å². The normalized spacial score (nSPS) is 15.3. The van der Waals surface area contributed by atoms with E-state index in [9.17, 15) is 67.1 Å². The minimum atomic E-state index is -1.11. The van der Waals surface area contributed by atoms with Crippen molar-refractivity contribution in [2.75, 3.05) is 122 Å². The second-order valence-corrected chi connectivity index (χ2v) is 28.1. The van der Waals surface area contributed by atoms with Gasteiger partial charge in [-0.25, -0.2) is 4.68 Å². The third kappa shape index (κ3) is 23.5. The van der Waals surface area contributed by atoms with Crippen LogP contribution in [0.15, 0.2) is 139 Å². The van der Waals surface area contributed by atoms with Crippen LogP contribution in [0.2, 0.25) is 0 Å². The van der Waals surface area contributed by atoms with Crippen molar-refractivity contribution in [1.82, 2.24) is 46.1 Å². The fourth-order valence-electron chi connectivity index (χ4n) is 13.7. The van der Waals surface area contributed by atoms with E-state index in [0.29, 0.717) is 84.8 Å². The Balaban J connectivity index is 0.000000201. The molecule has 6 aromatic carbocycles. The van der Waals surface area contributed by atoms with Crippen LogP contribution in [0, 0.1) is 11.8 Å². The fraction of sp³-hybridized carbons (Fsp3) is 0.372. The number of anilines is 2. The third-order valence-corrected chi connectivity index (χ3v) is 19.7. The largest absolute Gasteiger partial charge is 0.483 e. The standard InChI is InChI=1S/C43H45N7O11.C23H28N6O9.C20H17NO2/c1-27(51)13-16-37(54)48-25-28-7-2-3-8-29(28)39-40(30-9-4-5-11-32(30)48)49(47-46-39)18-20-59-22-24-60-23-21-58-19-17-44-36(53)26-61-34-12-6-10-31-38(34)43(57)50(42(31)56)33-14-15-35(52)45-41(33)55;24-28-26-7-9-36-11-13-37-12-10-35-8-6-25-19(31)14-38-17-3-1-2-15-20(17)23(34)29(22(15)33)16-4-5-18(30)27-21(16)32;1-15(22)10-13-20(23)21-14-18-8-3-2-6-16(18)11-12-17-7-4-5-9-19(17)21/h2-12,33H,13-26H2,1H3,(H,44,53)(H,45,52,55);1-3,16H,4-14H2,(H,25,31)(H,27,30,32);2-9H,10,13-14H2,1H3. The molecular formula is C86H90N14O22. The highest BCUT2D eigenvalue weighted by molar-refractivity contribution is 6.26. The molecule has 636 valence electrons. The van der Waals surface area contributed by atoms with E-state index in [-0.39, 0.29) is 148 Å². The molecule has 2 fully saturated rings. The molecule has 13 rings (SSSR count). The quantitative estimate of drug-likeness (QED) is 0.00897. The predicted molar refractivity (Wildman–Crippen MR) is 434 cm³/mol. The number of hydrogen-bond acceptors (Lipinski definition) is 25. The number of nitrogens with zero attached hydrogens (tertiary/aromatic N) is 10. The summed E-state index contributed by atoms with van der Waals surface area (Å²) in [4.78, 5) is 181. The highest BCUT2D eigenvalue weighted by Crippen LogP contribution is 2.42. The second-order valence-electron chi connectivity index (χ2n) is 28.1. The lowest BCUT2D eigenvalue weighted by molar-refractivity contribution is -0.137. The Labute approximate surface area is 700 Å². The summed E-state index contributed by atoms with van der Waals surface area (Å²) in [5.74, 6) is 0.158. The van der Waals surface area contributed by atoms with Crippen LogP contribution >= 0.6 is 0 Å². The number of ether oxygens (including phenoxy) is 8. The second kappa shape index (κ2) is 44.5. The number of amides is 12. The topological polar surface area (TPSA) is 453 Å². The monoisotopic (exact) mass is 1670 g/mol. The maximum Gasteiger partial charge on any atom is 0.266 e. The molecule has 0 saturated carbocycles. The molecule has 2 unspecified atom stereocenters. The molecule has 122 heavy (non-hydrogen) atoms. The van der Waals surface area contributed by atoms with Gasteiger partial charge in [0, 0.05) is 85.3 Å². The molecule has 6 aliphatic heterocycles. The number of ketones is 2. The number of carbonyl (C=O) groups excluding carboxylic acids is 14. The maximum atomic E-state index is 13.5. The van der Waals surface area contributed by atoms with Gasteiger partial charge in [-0.15, -0.1) is 5.10 Å². The molecule has 0 spiro atoms. The summed E-state index contributed by atoms with van der Waals surface area (Å²) < 4.78 is 45.8. The number of piperidine rings is 2. The van der Waals surface area contributed by atoms with Crippen molar-refractivity contribution in [1.29, 1.82) is 0 Å². The maximum absolute atomic E-state index is 13.5. The summed E-state index contributed by atoms with van der Waals surface area (Å²) in [7, 11) is 0. The van der Waals surface area contributed by atoms with E-state index in [1.807, 2.05) is 97.1 Å². The summed E-state index contributed by atoms with van der Waals surface area (Å²) in [5.41, 5.74) is 16.6. The summed E-state index contributed by atoms with van der Waals surface area (Å²) in [6.07, 6.45) is 0.851. The Morgan fingerprint density at radius 3 is 1.44 bits per heavy atom. The van der Waals surface area contributed by atoms with Crippen LogP contribution in [0.4, 0.5) is 11.4 Å². The van der Waals surface area contributed by atoms with Crippen molar-refractivity contribution in [3.8, 4) is 45.9 Å². The van der Waals surface area contributed by atoms with E-state index in [2.05, 4.69) is 53.4 Å². The number of rotatable bonds is 38. The van der Waals surface area contributed by atoms with Gasteiger partial charge in [0.25, 0.3) is 35.4 Å². The summed E-state index contributed by atoms with van der Waals surface area (Å²) >= 11 is 0. The minimum Gasteiger partial charge on any atom is -0.483 e. The van der Waals surface area contributed by atoms with Gasteiger partial charge < -0.3 is 67.9 Å². The van der Waals surface area contributed by atoms with Crippen LogP contribution in [0.5, 0.6) is 11.5 Å². The van der Waals surface area contributed by atoms with Crippen LogP contribution in [0.1, 0.15) is 129 Å². The van der Waals surface area contributed by atoms with Crippen LogP contribution in [-0.4, -0.2) is 231 Å². The van der Waals surface area contributed by atoms with Crippen molar-refractivity contribution in [3.05, 3.63) is 188 Å². The Kier molecular flexibility index (Phi) is 32.6. The Morgan fingerprint density at radius 1 is 0.484 bits per heavy atom. The number of imide groups is 4. The smallest absolute Gasteiger partial charge is 0.266 e. The first-order chi connectivity index (χ1) is 59.2. The molecule has 12 amide bonds. The van der Waals surface area contributed by atoms with Crippen molar-refractivity contribution >= 4 is 93.8 Å². The number of hydrogen-bond donors (Lipinski definition) is 4. The Morgan fingerprint density at radius 2 is 0.918 bits per heavy atom. The zero-order valence-electron chi connectivity index (χ0n) is 67.1. The number of para-hydroxylation sites is 2. The van der Waals surface area contributed by atoms with E-state index in [4.69, 9.17) is 43.4 Å². The van der Waals surface area contributed by atoms with Gasteiger partial charge in [0.1, 0.15) is 40.8 Å². The number of benzene rings is 6. The number of aromatic nitrogens is 3. The van der Waals surface area contributed by atoms with Crippen LogP contribution in [0.25, 0.3) is 33.0 Å². The van der Waals surface area contributed by atoms with Crippen molar-refractivity contribution in [2.45, 2.75) is 96.9 Å². The van der Waals surface area contributed by atoms with Gasteiger partial charge in [0.05, 0.1) is 138 Å². The fourth-order valence-corrected chi connectivity index (χ4v) is 13.7. The van der Waals surface area contributed by atoms with Gasteiger partial charge >= 0.3 is 0 Å². The number of nitrogens with one attached hydrogen (secondary N) is 4.